The van der Waals surface area contributed by atoms with Crippen LogP contribution in [0.15, 0.2) is 24.3 Å². The Balaban J connectivity index is 0.00000264. The maximum absolute atomic E-state index is 13.8. The van der Waals surface area contributed by atoms with E-state index in [2.05, 4.69) is 5.32 Å². The molecule has 0 aliphatic carbocycles. The van der Waals surface area contributed by atoms with Gasteiger partial charge in [-0.2, -0.15) is 0 Å². The fourth-order valence-electron chi connectivity index (χ4n) is 2.72. The monoisotopic (exact) mass is 343 g/mol. The number of carbonyl (C=O) groups excluding carboxylic acids is 2. The van der Waals surface area contributed by atoms with Crippen LogP contribution >= 0.6 is 12.4 Å². The van der Waals surface area contributed by atoms with Gasteiger partial charge in [-0.15, -0.1) is 12.4 Å². The SMILES string of the molecule is Cl.NCCC(=O)NCC1CCCCN1C(=O)c1ccccc1F. The normalized spacial score (nSPS) is 17.3. The summed E-state index contributed by atoms with van der Waals surface area (Å²) in [6.07, 6.45) is 2.98. The van der Waals surface area contributed by atoms with Gasteiger partial charge in [0, 0.05) is 32.1 Å². The Morgan fingerprint density at radius 3 is 2.74 bits per heavy atom. The molecule has 1 aliphatic rings. The van der Waals surface area contributed by atoms with Crippen LogP contribution in [-0.2, 0) is 4.79 Å². The van der Waals surface area contributed by atoms with Crippen LogP contribution in [0.4, 0.5) is 4.39 Å². The zero-order chi connectivity index (χ0) is 15.9. The summed E-state index contributed by atoms with van der Waals surface area (Å²) in [5, 5.41) is 2.80. The molecule has 0 saturated carbocycles. The third-order valence-corrected chi connectivity index (χ3v) is 3.90. The molecule has 1 aromatic rings. The maximum atomic E-state index is 13.8. The summed E-state index contributed by atoms with van der Waals surface area (Å²) in [6.45, 7) is 1.28. The first-order valence-electron chi connectivity index (χ1n) is 7.65. The second-order valence-corrected chi connectivity index (χ2v) is 5.47. The van der Waals surface area contributed by atoms with Crippen molar-refractivity contribution in [2.75, 3.05) is 19.6 Å². The van der Waals surface area contributed by atoms with Gasteiger partial charge in [0.25, 0.3) is 5.91 Å². The lowest BCUT2D eigenvalue weighted by Gasteiger charge is -2.36. The lowest BCUT2D eigenvalue weighted by atomic mass is 10.0. The molecule has 128 valence electrons. The molecule has 2 amide bonds. The number of hydrogen-bond donors (Lipinski definition) is 2. The van der Waals surface area contributed by atoms with Crippen molar-refractivity contribution < 1.29 is 14.0 Å². The summed E-state index contributed by atoms with van der Waals surface area (Å²) in [7, 11) is 0. The van der Waals surface area contributed by atoms with E-state index in [1.807, 2.05) is 0 Å². The second-order valence-electron chi connectivity index (χ2n) is 5.47. The number of nitrogens with zero attached hydrogens (tertiary/aromatic N) is 1. The fourth-order valence-corrected chi connectivity index (χ4v) is 2.72. The van der Waals surface area contributed by atoms with E-state index in [9.17, 15) is 14.0 Å². The van der Waals surface area contributed by atoms with E-state index in [4.69, 9.17) is 5.73 Å². The lowest BCUT2D eigenvalue weighted by molar-refractivity contribution is -0.121. The summed E-state index contributed by atoms with van der Waals surface area (Å²) in [5.41, 5.74) is 5.43. The van der Waals surface area contributed by atoms with E-state index >= 15 is 0 Å². The highest BCUT2D eigenvalue weighted by Gasteiger charge is 2.28. The number of hydrogen-bond acceptors (Lipinski definition) is 3. The van der Waals surface area contributed by atoms with Gasteiger partial charge < -0.3 is 16.0 Å². The second kappa shape index (κ2) is 9.47. The Kier molecular flexibility index (Phi) is 7.98. The van der Waals surface area contributed by atoms with Gasteiger partial charge in [-0.3, -0.25) is 9.59 Å². The van der Waals surface area contributed by atoms with Crippen molar-refractivity contribution in [3.05, 3.63) is 35.6 Å². The van der Waals surface area contributed by atoms with Crippen molar-refractivity contribution in [1.29, 1.82) is 0 Å². The van der Waals surface area contributed by atoms with Gasteiger partial charge in [0.15, 0.2) is 0 Å². The van der Waals surface area contributed by atoms with Gasteiger partial charge in [0.05, 0.1) is 5.56 Å². The zero-order valence-corrected chi connectivity index (χ0v) is 13.8. The first-order valence-corrected chi connectivity index (χ1v) is 7.65. The van der Waals surface area contributed by atoms with Crippen LogP contribution in [0, 0.1) is 5.82 Å². The van der Waals surface area contributed by atoms with E-state index in [0.717, 1.165) is 19.3 Å². The number of piperidine rings is 1. The van der Waals surface area contributed by atoms with Crippen molar-refractivity contribution in [3.8, 4) is 0 Å². The molecule has 0 bridgehead atoms. The van der Waals surface area contributed by atoms with Crippen molar-refractivity contribution in [3.63, 3.8) is 0 Å². The zero-order valence-electron chi connectivity index (χ0n) is 13.0. The molecule has 0 radical (unpaired) electrons. The molecule has 3 N–H and O–H groups in total. The van der Waals surface area contributed by atoms with Crippen molar-refractivity contribution in [2.45, 2.75) is 31.7 Å². The van der Waals surface area contributed by atoms with E-state index in [1.54, 1.807) is 17.0 Å². The van der Waals surface area contributed by atoms with E-state index in [-0.39, 0.29) is 42.2 Å². The van der Waals surface area contributed by atoms with E-state index < -0.39 is 5.82 Å². The summed E-state index contributed by atoms with van der Waals surface area (Å²) >= 11 is 0. The summed E-state index contributed by atoms with van der Waals surface area (Å²) < 4.78 is 13.8. The molecule has 1 aliphatic heterocycles. The molecular weight excluding hydrogens is 321 g/mol. The highest BCUT2D eigenvalue weighted by Crippen LogP contribution is 2.20. The third-order valence-electron chi connectivity index (χ3n) is 3.90. The van der Waals surface area contributed by atoms with Crippen LogP contribution in [-0.4, -0.2) is 42.4 Å². The molecule has 1 atom stereocenters. The molecule has 1 heterocycles. The first kappa shape index (κ1) is 19.4. The Hall–Kier alpha value is -1.66. The largest absolute Gasteiger partial charge is 0.354 e. The van der Waals surface area contributed by atoms with Gasteiger partial charge in [-0.25, -0.2) is 4.39 Å². The van der Waals surface area contributed by atoms with Crippen LogP contribution in [0.5, 0.6) is 0 Å². The smallest absolute Gasteiger partial charge is 0.257 e. The average Bonchev–Trinajstić information content (AvgIpc) is 2.53. The number of halogens is 2. The minimum atomic E-state index is -0.510. The molecule has 5 nitrogen and oxygen atoms in total. The highest BCUT2D eigenvalue weighted by molar-refractivity contribution is 5.94. The fraction of sp³-hybridized carbons (Fsp3) is 0.500. The number of benzene rings is 1. The first-order chi connectivity index (χ1) is 10.6. The number of nitrogens with one attached hydrogen (secondary N) is 1. The van der Waals surface area contributed by atoms with Crippen LogP contribution in [0.2, 0.25) is 0 Å². The molecule has 0 spiro atoms. The van der Waals surface area contributed by atoms with Crippen molar-refractivity contribution in [1.82, 2.24) is 10.2 Å². The predicted octanol–water partition coefficient (Wildman–Crippen LogP) is 1.71. The van der Waals surface area contributed by atoms with Crippen molar-refractivity contribution in [2.24, 2.45) is 5.73 Å². The van der Waals surface area contributed by atoms with Crippen LogP contribution in [0.3, 0.4) is 0 Å². The minimum absolute atomic E-state index is 0. The average molecular weight is 344 g/mol. The van der Waals surface area contributed by atoms with E-state index in [1.165, 1.54) is 12.1 Å². The predicted molar refractivity (Wildman–Crippen MR) is 89.0 cm³/mol. The molecule has 7 heteroatoms. The third kappa shape index (κ3) is 5.18. The van der Waals surface area contributed by atoms with Gasteiger partial charge in [-0.1, -0.05) is 12.1 Å². The molecule has 2 rings (SSSR count). The lowest BCUT2D eigenvalue weighted by Crippen LogP contribution is -2.49. The Labute approximate surface area is 141 Å². The molecule has 0 aromatic heterocycles. The van der Waals surface area contributed by atoms with Gasteiger partial charge in [0.2, 0.25) is 5.91 Å². The highest BCUT2D eigenvalue weighted by atomic mass is 35.5. The minimum Gasteiger partial charge on any atom is -0.354 e. The molecular formula is C16H23ClFN3O2. The van der Waals surface area contributed by atoms with Gasteiger partial charge >= 0.3 is 0 Å². The van der Waals surface area contributed by atoms with Gasteiger partial charge in [-0.05, 0) is 31.4 Å². The molecule has 1 saturated heterocycles. The maximum Gasteiger partial charge on any atom is 0.257 e. The van der Waals surface area contributed by atoms with E-state index in [0.29, 0.717) is 19.6 Å². The number of likely N-dealkylation sites (tertiary alicyclic amines) is 1. The molecule has 1 unspecified atom stereocenters. The van der Waals surface area contributed by atoms with Crippen LogP contribution in [0.1, 0.15) is 36.0 Å². The quantitative estimate of drug-likeness (QED) is 0.854. The Morgan fingerprint density at radius 2 is 2.04 bits per heavy atom. The Morgan fingerprint density at radius 1 is 1.30 bits per heavy atom. The number of nitrogens with two attached hydrogens (primary N) is 1. The molecule has 23 heavy (non-hydrogen) atoms. The number of rotatable bonds is 5. The molecule has 1 aromatic carbocycles. The van der Waals surface area contributed by atoms with Gasteiger partial charge in [0.1, 0.15) is 5.82 Å². The van der Waals surface area contributed by atoms with Crippen LogP contribution < -0.4 is 11.1 Å². The molecule has 1 fully saturated rings. The summed E-state index contributed by atoms with van der Waals surface area (Å²) in [4.78, 5) is 25.8. The number of amides is 2. The Bertz CT molecular complexity index is 542. The standard InChI is InChI=1S/C16H22FN3O2.ClH/c17-14-7-2-1-6-13(14)16(22)20-10-4-3-5-12(20)11-19-15(21)8-9-18;/h1-2,6-7,12H,3-5,8-11,18H2,(H,19,21);1H. The summed E-state index contributed by atoms with van der Waals surface area (Å²) in [6, 6.07) is 5.90. The van der Waals surface area contributed by atoms with Crippen molar-refractivity contribution >= 4 is 24.2 Å². The summed E-state index contributed by atoms with van der Waals surface area (Å²) in [5.74, 6) is -0.939. The van der Waals surface area contributed by atoms with Crippen LogP contribution in [0.25, 0.3) is 0 Å². The topological polar surface area (TPSA) is 75.4 Å². The number of carbonyl (C=O) groups is 2.